The summed E-state index contributed by atoms with van der Waals surface area (Å²) >= 11 is 0. The first-order chi connectivity index (χ1) is 9.78. The van der Waals surface area contributed by atoms with Gasteiger partial charge in [-0.3, -0.25) is 0 Å². The number of hydrogen-bond acceptors (Lipinski definition) is 4. The molecule has 1 amide bonds. The smallest absolute Gasteiger partial charge is 0.409 e. The second-order valence-electron chi connectivity index (χ2n) is 7.38. The lowest BCUT2D eigenvalue weighted by Gasteiger charge is -2.27. The average molecular weight is 317 g/mol. The van der Waals surface area contributed by atoms with E-state index in [4.69, 9.17) is 15.2 Å². The van der Waals surface area contributed by atoms with Crippen LogP contribution in [0.25, 0.3) is 0 Å². The third-order valence-corrected chi connectivity index (χ3v) is 5.49. The maximum absolute atomic E-state index is 11.9. The van der Waals surface area contributed by atoms with Crippen molar-refractivity contribution in [1.29, 1.82) is 0 Å². The van der Waals surface area contributed by atoms with Crippen LogP contribution in [0, 0.1) is 5.92 Å². The quantitative estimate of drug-likeness (QED) is 0.733. The largest absolute Gasteiger partial charge is 0.450 e. The molecule has 0 bridgehead atoms. The van der Waals surface area contributed by atoms with Gasteiger partial charge in [0.25, 0.3) is 0 Å². The number of ether oxygens (including phenoxy) is 2. The molecule has 2 atom stereocenters. The first kappa shape index (κ1) is 18.5. The molecular formula is C15H32N2O3Si. The molecule has 1 aliphatic rings. The summed E-state index contributed by atoms with van der Waals surface area (Å²) in [6.07, 6.45) is 2.94. The van der Waals surface area contributed by atoms with Gasteiger partial charge in [-0.2, -0.15) is 0 Å². The van der Waals surface area contributed by atoms with Crippen molar-refractivity contribution in [3.8, 4) is 0 Å². The second-order valence-corrected chi connectivity index (χ2v) is 13.0. The number of carbonyl (C=O) groups is 1. The van der Waals surface area contributed by atoms with Crippen molar-refractivity contribution in [3.05, 3.63) is 0 Å². The molecule has 1 heterocycles. The van der Waals surface area contributed by atoms with Crippen LogP contribution in [0.1, 0.15) is 19.3 Å². The van der Waals surface area contributed by atoms with Gasteiger partial charge in [0.05, 0.1) is 6.61 Å². The molecule has 6 heteroatoms. The number of hydrogen-bond donors (Lipinski definition) is 1. The highest BCUT2D eigenvalue weighted by atomic mass is 28.3. The number of nitrogens with two attached hydrogens (primary N) is 1. The highest BCUT2D eigenvalue weighted by Gasteiger charge is 2.21. The Balaban J connectivity index is 2.21. The summed E-state index contributed by atoms with van der Waals surface area (Å²) in [7, 11) is 0.603. The van der Waals surface area contributed by atoms with Gasteiger partial charge >= 0.3 is 6.09 Å². The molecule has 0 saturated carbocycles. The van der Waals surface area contributed by atoms with E-state index in [2.05, 4.69) is 19.6 Å². The Hall–Kier alpha value is -0.593. The van der Waals surface area contributed by atoms with E-state index in [1.165, 1.54) is 6.42 Å². The van der Waals surface area contributed by atoms with Gasteiger partial charge in [0, 0.05) is 40.9 Å². The van der Waals surface area contributed by atoms with Crippen LogP contribution in [-0.2, 0) is 9.47 Å². The molecule has 0 aromatic heterocycles. The second kappa shape index (κ2) is 8.75. The number of likely N-dealkylation sites (N-methyl/N-ethyl adjacent to an activating group) is 1. The number of amides is 1. The predicted octanol–water partition coefficient (Wildman–Crippen LogP) is 2.54. The van der Waals surface area contributed by atoms with E-state index in [-0.39, 0.29) is 12.1 Å². The standard InChI is InChI=1S/C15H32N2O3Si/c1-17(15(18)20-8-9-21(2,3)4)11-14(16)10-13-6-5-7-19-12-13/h13-14H,5-12,16H2,1-4H3/t13?,14-/m0/s1. The van der Waals surface area contributed by atoms with Gasteiger partial charge in [-0.15, -0.1) is 0 Å². The molecular weight excluding hydrogens is 284 g/mol. The molecule has 0 aromatic carbocycles. The molecule has 21 heavy (non-hydrogen) atoms. The fourth-order valence-electron chi connectivity index (χ4n) is 2.48. The Bertz CT molecular complexity index is 315. The lowest BCUT2D eigenvalue weighted by atomic mass is 9.94. The van der Waals surface area contributed by atoms with Crippen molar-refractivity contribution in [3.63, 3.8) is 0 Å². The van der Waals surface area contributed by atoms with Crippen molar-refractivity contribution in [2.75, 3.05) is 33.4 Å². The minimum absolute atomic E-state index is 0.00811. The molecule has 124 valence electrons. The number of rotatable bonds is 7. The molecule has 2 N–H and O–H groups in total. The van der Waals surface area contributed by atoms with Crippen molar-refractivity contribution in [2.24, 2.45) is 11.7 Å². The number of nitrogens with zero attached hydrogens (tertiary/aromatic N) is 1. The highest BCUT2D eigenvalue weighted by molar-refractivity contribution is 6.76. The van der Waals surface area contributed by atoms with Crippen molar-refractivity contribution in [2.45, 2.75) is 51.0 Å². The van der Waals surface area contributed by atoms with Crippen LogP contribution in [0.3, 0.4) is 0 Å². The summed E-state index contributed by atoms with van der Waals surface area (Å²) in [6.45, 7) is 9.55. The average Bonchev–Trinajstić information content (AvgIpc) is 2.38. The summed E-state index contributed by atoms with van der Waals surface area (Å²) < 4.78 is 10.8. The number of carbonyl (C=O) groups excluding carboxylic acids is 1. The third-order valence-electron chi connectivity index (χ3n) is 3.79. The van der Waals surface area contributed by atoms with Crippen LogP contribution in [0.5, 0.6) is 0 Å². The van der Waals surface area contributed by atoms with Crippen LogP contribution >= 0.6 is 0 Å². The molecule has 1 unspecified atom stereocenters. The molecule has 0 spiro atoms. The zero-order valence-corrected chi connectivity index (χ0v) is 15.1. The highest BCUT2D eigenvalue weighted by Crippen LogP contribution is 2.18. The van der Waals surface area contributed by atoms with E-state index >= 15 is 0 Å². The molecule has 0 aromatic rings. The topological polar surface area (TPSA) is 64.8 Å². The van der Waals surface area contributed by atoms with Crippen LogP contribution in [-0.4, -0.2) is 58.5 Å². The summed E-state index contributed by atoms with van der Waals surface area (Å²) in [6, 6.07) is 0.990. The molecule has 1 fully saturated rings. The summed E-state index contributed by atoms with van der Waals surface area (Å²) in [5.41, 5.74) is 6.14. The fourth-order valence-corrected chi connectivity index (χ4v) is 3.19. The zero-order valence-electron chi connectivity index (χ0n) is 14.1. The van der Waals surface area contributed by atoms with Gasteiger partial charge in [-0.1, -0.05) is 19.6 Å². The minimum atomic E-state index is -1.15. The molecule has 1 saturated heterocycles. The Labute approximate surface area is 130 Å². The van der Waals surface area contributed by atoms with E-state index in [1.54, 1.807) is 11.9 Å². The predicted molar refractivity (Wildman–Crippen MR) is 88.3 cm³/mol. The molecule has 1 aliphatic heterocycles. The van der Waals surface area contributed by atoms with Gasteiger partial charge in [-0.05, 0) is 31.2 Å². The Morgan fingerprint density at radius 2 is 2.19 bits per heavy atom. The Morgan fingerprint density at radius 1 is 1.48 bits per heavy atom. The maximum Gasteiger partial charge on any atom is 0.409 e. The third kappa shape index (κ3) is 8.43. The van der Waals surface area contributed by atoms with Crippen molar-refractivity contribution in [1.82, 2.24) is 4.90 Å². The summed E-state index contributed by atoms with van der Waals surface area (Å²) in [4.78, 5) is 13.5. The van der Waals surface area contributed by atoms with E-state index in [9.17, 15) is 4.79 Å². The van der Waals surface area contributed by atoms with E-state index < -0.39 is 8.07 Å². The SMILES string of the molecule is CN(C[C@@H](N)CC1CCCOC1)C(=O)OCC[Si](C)(C)C. The minimum Gasteiger partial charge on any atom is -0.450 e. The molecule has 0 radical (unpaired) electrons. The lowest BCUT2D eigenvalue weighted by molar-refractivity contribution is 0.0474. The maximum atomic E-state index is 11.9. The van der Waals surface area contributed by atoms with Gasteiger partial charge < -0.3 is 20.1 Å². The van der Waals surface area contributed by atoms with Crippen LogP contribution in [0.2, 0.25) is 25.7 Å². The van der Waals surface area contributed by atoms with E-state index in [0.717, 1.165) is 32.1 Å². The van der Waals surface area contributed by atoms with Crippen molar-refractivity contribution >= 4 is 14.2 Å². The Morgan fingerprint density at radius 3 is 2.76 bits per heavy atom. The van der Waals surface area contributed by atoms with Crippen LogP contribution < -0.4 is 5.73 Å². The Kier molecular flexibility index (Phi) is 7.69. The molecule has 0 aliphatic carbocycles. The fraction of sp³-hybridized carbons (Fsp3) is 0.933. The molecule has 1 rings (SSSR count). The van der Waals surface area contributed by atoms with Gasteiger partial charge in [0.1, 0.15) is 0 Å². The van der Waals surface area contributed by atoms with Gasteiger partial charge in [0.2, 0.25) is 0 Å². The van der Waals surface area contributed by atoms with Crippen LogP contribution in [0.4, 0.5) is 4.79 Å². The molecule has 5 nitrogen and oxygen atoms in total. The first-order valence-corrected chi connectivity index (χ1v) is 11.7. The lowest BCUT2D eigenvalue weighted by Crippen LogP contribution is -2.41. The van der Waals surface area contributed by atoms with Gasteiger partial charge in [0.15, 0.2) is 0 Å². The zero-order chi connectivity index (χ0) is 15.9. The van der Waals surface area contributed by atoms with E-state index in [1.807, 2.05) is 0 Å². The van der Waals surface area contributed by atoms with Crippen LogP contribution in [0.15, 0.2) is 0 Å². The van der Waals surface area contributed by atoms with Crippen molar-refractivity contribution < 1.29 is 14.3 Å². The summed E-state index contributed by atoms with van der Waals surface area (Å²) in [5, 5.41) is 0. The summed E-state index contributed by atoms with van der Waals surface area (Å²) in [5.74, 6) is 0.532. The normalized spacial score (nSPS) is 20.9. The van der Waals surface area contributed by atoms with Gasteiger partial charge in [-0.25, -0.2) is 4.79 Å². The monoisotopic (exact) mass is 316 g/mol. The first-order valence-electron chi connectivity index (χ1n) is 7.99. The van der Waals surface area contributed by atoms with E-state index in [0.29, 0.717) is 19.1 Å².